The summed E-state index contributed by atoms with van der Waals surface area (Å²) in [4.78, 5) is 14.6. The summed E-state index contributed by atoms with van der Waals surface area (Å²) in [6.07, 6.45) is 5.54. The van der Waals surface area contributed by atoms with Crippen LogP contribution in [0.15, 0.2) is 0 Å². The highest BCUT2D eigenvalue weighted by molar-refractivity contribution is 5.79. The Hall–Kier alpha value is -0.570. The molecule has 0 spiro atoms. The van der Waals surface area contributed by atoms with Gasteiger partial charge in [0.1, 0.15) is 0 Å². The Morgan fingerprint density at radius 2 is 2.00 bits per heavy atom. The highest BCUT2D eigenvalue weighted by atomic mass is 16.2. The van der Waals surface area contributed by atoms with Crippen molar-refractivity contribution >= 4 is 5.91 Å². The van der Waals surface area contributed by atoms with Crippen molar-refractivity contribution < 1.29 is 4.79 Å². The number of nitrogens with zero attached hydrogens (tertiary/aromatic N) is 1. The maximum absolute atomic E-state index is 12.6. The van der Waals surface area contributed by atoms with Crippen LogP contribution in [0.2, 0.25) is 0 Å². The van der Waals surface area contributed by atoms with Gasteiger partial charge in [-0.25, -0.2) is 0 Å². The first kappa shape index (κ1) is 14.5. The van der Waals surface area contributed by atoms with Crippen LogP contribution in [0.25, 0.3) is 0 Å². The predicted molar refractivity (Wildman–Crippen MR) is 71.6 cm³/mol. The molecule has 2 unspecified atom stereocenters. The van der Waals surface area contributed by atoms with Crippen LogP contribution in [-0.4, -0.2) is 29.9 Å². The summed E-state index contributed by atoms with van der Waals surface area (Å²) in [7, 11) is 0. The largest absolute Gasteiger partial charge is 0.338 e. The molecule has 2 N–H and O–H groups in total. The lowest BCUT2D eigenvalue weighted by atomic mass is 9.95. The van der Waals surface area contributed by atoms with Crippen molar-refractivity contribution in [2.45, 2.75) is 58.9 Å². The van der Waals surface area contributed by atoms with Gasteiger partial charge in [-0.3, -0.25) is 4.79 Å². The lowest BCUT2D eigenvalue weighted by molar-refractivity contribution is -0.139. The summed E-state index contributed by atoms with van der Waals surface area (Å²) in [6, 6.07) is 0.374. The van der Waals surface area contributed by atoms with Crippen LogP contribution in [0, 0.1) is 11.8 Å². The maximum Gasteiger partial charge on any atom is 0.226 e. The van der Waals surface area contributed by atoms with Crippen molar-refractivity contribution in [1.29, 1.82) is 0 Å². The molecule has 0 saturated heterocycles. The molecule has 0 aromatic carbocycles. The molecule has 1 rings (SSSR count). The third-order valence-electron chi connectivity index (χ3n) is 4.22. The molecule has 1 amide bonds. The van der Waals surface area contributed by atoms with Crippen LogP contribution < -0.4 is 5.73 Å². The first-order valence-corrected chi connectivity index (χ1v) is 7.16. The van der Waals surface area contributed by atoms with Gasteiger partial charge >= 0.3 is 0 Å². The normalized spacial score (nSPS) is 24.3. The molecule has 0 aliphatic heterocycles. The van der Waals surface area contributed by atoms with E-state index in [1.165, 1.54) is 12.8 Å². The van der Waals surface area contributed by atoms with E-state index in [0.717, 1.165) is 19.3 Å². The Kier molecular flexibility index (Phi) is 5.96. The molecule has 100 valence electrons. The van der Waals surface area contributed by atoms with Gasteiger partial charge in [0.05, 0.1) is 0 Å². The number of hydrogen-bond donors (Lipinski definition) is 1. The molecular formula is C14H28N2O. The molecule has 1 aliphatic rings. The zero-order valence-electron chi connectivity index (χ0n) is 11.6. The first-order chi connectivity index (χ1) is 8.15. The highest BCUT2D eigenvalue weighted by Gasteiger charge is 2.34. The van der Waals surface area contributed by atoms with Crippen molar-refractivity contribution in [2.75, 3.05) is 13.1 Å². The standard InChI is InChI=1S/C14H28N2O/c1-4-12(5-2)16(10-9-15)14(17)13-8-6-7-11(13)3/h11-13H,4-10,15H2,1-3H3. The van der Waals surface area contributed by atoms with Crippen molar-refractivity contribution in [3.63, 3.8) is 0 Å². The zero-order valence-corrected chi connectivity index (χ0v) is 11.6. The fourth-order valence-corrected chi connectivity index (χ4v) is 3.07. The van der Waals surface area contributed by atoms with Gasteiger partial charge in [0.2, 0.25) is 5.91 Å². The molecular weight excluding hydrogens is 212 g/mol. The quantitative estimate of drug-likeness (QED) is 0.775. The number of hydrogen-bond acceptors (Lipinski definition) is 2. The van der Waals surface area contributed by atoms with Crippen LogP contribution >= 0.6 is 0 Å². The van der Waals surface area contributed by atoms with Gasteiger partial charge in [0, 0.05) is 25.0 Å². The Morgan fingerprint density at radius 1 is 1.35 bits per heavy atom. The lowest BCUT2D eigenvalue weighted by Crippen LogP contribution is -2.46. The van der Waals surface area contributed by atoms with Crippen molar-refractivity contribution in [3.8, 4) is 0 Å². The van der Waals surface area contributed by atoms with Crippen LogP contribution in [0.5, 0.6) is 0 Å². The van der Waals surface area contributed by atoms with E-state index >= 15 is 0 Å². The number of amides is 1. The molecule has 1 aliphatic carbocycles. The summed E-state index contributed by atoms with van der Waals surface area (Å²) in [5.74, 6) is 1.16. The molecule has 3 nitrogen and oxygen atoms in total. The second-order valence-corrected chi connectivity index (χ2v) is 5.31. The number of carbonyl (C=O) groups excluding carboxylic acids is 1. The minimum atomic E-state index is 0.252. The van der Waals surface area contributed by atoms with Crippen LogP contribution in [0.3, 0.4) is 0 Å². The van der Waals surface area contributed by atoms with Gasteiger partial charge in [-0.15, -0.1) is 0 Å². The molecule has 17 heavy (non-hydrogen) atoms. The van der Waals surface area contributed by atoms with E-state index < -0.39 is 0 Å². The van der Waals surface area contributed by atoms with Gasteiger partial charge in [-0.1, -0.05) is 27.2 Å². The molecule has 0 aromatic heterocycles. The smallest absolute Gasteiger partial charge is 0.226 e. The Bertz CT molecular complexity index is 238. The molecule has 1 fully saturated rings. The van der Waals surface area contributed by atoms with E-state index in [2.05, 4.69) is 20.8 Å². The van der Waals surface area contributed by atoms with Crippen LogP contribution in [-0.2, 0) is 4.79 Å². The van der Waals surface area contributed by atoms with Gasteiger partial charge in [-0.2, -0.15) is 0 Å². The Labute approximate surface area is 106 Å². The summed E-state index contributed by atoms with van der Waals surface area (Å²) in [5.41, 5.74) is 5.65. The molecule has 3 heteroatoms. The van der Waals surface area contributed by atoms with Crippen molar-refractivity contribution in [1.82, 2.24) is 4.90 Å². The average molecular weight is 240 g/mol. The van der Waals surface area contributed by atoms with Gasteiger partial charge in [0.15, 0.2) is 0 Å². The molecule has 1 saturated carbocycles. The molecule has 0 bridgehead atoms. The van der Waals surface area contributed by atoms with E-state index in [1.807, 2.05) is 4.90 Å². The van der Waals surface area contributed by atoms with Crippen LogP contribution in [0.1, 0.15) is 52.9 Å². The minimum Gasteiger partial charge on any atom is -0.338 e. The van der Waals surface area contributed by atoms with E-state index in [-0.39, 0.29) is 5.92 Å². The van der Waals surface area contributed by atoms with Crippen molar-refractivity contribution in [3.05, 3.63) is 0 Å². The maximum atomic E-state index is 12.6. The minimum absolute atomic E-state index is 0.252. The third-order valence-corrected chi connectivity index (χ3v) is 4.22. The molecule has 0 radical (unpaired) electrons. The first-order valence-electron chi connectivity index (χ1n) is 7.16. The fraction of sp³-hybridized carbons (Fsp3) is 0.929. The van der Waals surface area contributed by atoms with Gasteiger partial charge < -0.3 is 10.6 Å². The van der Waals surface area contributed by atoms with E-state index in [4.69, 9.17) is 5.73 Å². The van der Waals surface area contributed by atoms with Gasteiger partial charge in [-0.05, 0) is 31.6 Å². The molecule has 2 atom stereocenters. The monoisotopic (exact) mass is 240 g/mol. The third kappa shape index (κ3) is 3.44. The topological polar surface area (TPSA) is 46.3 Å². The SMILES string of the molecule is CCC(CC)N(CCN)C(=O)C1CCCC1C. The fourth-order valence-electron chi connectivity index (χ4n) is 3.07. The lowest BCUT2D eigenvalue weighted by Gasteiger charge is -2.33. The number of rotatable bonds is 6. The van der Waals surface area contributed by atoms with Crippen LogP contribution in [0.4, 0.5) is 0 Å². The number of nitrogens with two attached hydrogens (primary N) is 1. The van der Waals surface area contributed by atoms with E-state index in [1.54, 1.807) is 0 Å². The predicted octanol–water partition coefficient (Wildman–Crippen LogP) is 2.40. The van der Waals surface area contributed by atoms with Gasteiger partial charge in [0.25, 0.3) is 0 Å². The Morgan fingerprint density at radius 3 is 2.41 bits per heavy atom. The Balaban J connectivity index is 2.71. The van der Waals surface area contributed by atoms with E-state index in [0.29, 0.717) is 31.0 Å². The number of carbonyl (C=O) groups is 1. The molecule has 0 heterocycles. The average Bonchev–Trinajstić information content (AvgIpc) is 2.75. The zero-order chi connectivity index (χ0) is 12.8. The molecule has 0 aromatic rings. The van der Waals surface area contributed by atoms with Crippen molar-refractivity contribution in [2.24, 2.45) is 17.6 Å². The second kappa shape index (κ2) is 7.00. The summed E-state index contributed by atoms with van der Waals surface area (Å²) in [5, 5.41) is 0. The summed E-state index contributed by atoms with van der Waals surface area (Å²) < 4.78 is 0. The second-order valence-electron chi connectivity index (χ2n) is 5.31. The summed E-state index contributed by atoms with van der Waals surface area (Å²) >= 11 is 0. The van der Waals surface area contributed by atoms with E-state index in [9.17, 15) is 4.79 Å². The highest BCUT2D eigenvalue weighted by Crippen LogP contribution is 2.33. The summed E-state index contributed by atoms with van der Waals surface area (Å²) in [6.45, 7) is 7.81.